The first-order chi connectivity index (χ1) is 13.3. The summed E-state index contributed by atoms with van der Waals surface area (Å²) in [5.74, 6) is 1.72. The highest BCUT2D eigenvalue weighted by molar-refractivity contribution is 14.0. The first-order valence-corrected chi connectivity index (χ1v) is 9.84. The molecule has 2 N–H and O–H groups in total. The van der Waals surface area contributed by atoms with E-state index in [-0.39, 0.29) is 24.0 Å². The number of aliphatic imine (C=N–C) groups is 1. The first kappa shape index (κ1) is 24.9. The number of methoxy groups -OCH3 is 1. The summed E-state index contributed by atoms with van der Waals surface area (Å²) in [5.41, 5.74) is 1.13. The van der Waals surface area contributed by atoms with Gasteiger partial charge in [0.1, 0.15) is 5.75 Å². The minimum atomic E-state index is 0. The van der Waals surface area contributed by atoms with Crippen LogP contribution < -0.4 is 15.4 Å². The number of nitrogens with zero attached hydrogens (tertiary/aromatic N) is 2. The van der Waals surface area contributed by atoms with Crippen LogP contribution in [0.3, 0.4) is 0 Å². The lowest BCUT2D eigenvalue weighted by molar-refractivity contribution is 0.0389. The number of hydrogen-bond acceptors (Lipinski definition) is 5. The Hall–Kier alpha value is -1.10. The Morgan fingerprint density at radius 3 is 2.79 bits per heavy atom. The van der Waals surface area contributed by atoms with Crippen molar-refractivity contribution in [3.05, 3.63) is 29.8 Å². The van der Waals surface area contributed by atoms with Gasteiger partial charge in [-0.1, -0.05) is 12.1 Å². The van der Waals surface area contributed by atoms with Crippen molar-refractivity contribution in [2.45, 2.75) is 19.9 Å². The summed E-state index contributed by atoms with van der Waals surface area (Å²) in [7, 11) is 1.70. The zero-order chi connectivity index (χ0) is 19.2. The number of nitrogens with one attached hydrogen (secondary N) is 2. The van der Waals surface area contributed by atoms with Crippen molar-refractivity contribution in [1.82, 2.24) is 15.5 Å². The van der Waals surface area contributed by atoms with E-state index in [4.69, 9.17) is 19.2 Å². The fraction of sp³-hybridized carbons (Fsp3) is 0.650. The molecule has 0 saturated carbocycles. The van der Waals surface area contributed by atoms with E-state index in [2.05, 4.69) is 28.5 Å². The maximum absolute atomic E-state index is 5.76. The molecule has 0 amide bonds. The van der Waals surface area contributed by atoms with Crippen LogP contribution >= 0.6 is 24.0 Å². The van der Waals surface area contributed by atoms with Crippen LogP contribution in [0, 0.1) is 0 Å². The second-order valence-electron chi connectivity index (χ2n) is 6.42. The molecule has 1 saturated heterocycles. The van der Waals surface area contributed by atoms with Crippen LogP contribution in [-0.2, 0) is 16.0 Å². The second-order valence-corrected chi connectivity index (χ2v) is 6.42. The average Bonchev–Trinajstić information content (AvgIpc) is 2.70. The topological polar surface area (TPSA) is 67.4 Å². The molecule has 0 unspecified atom stereocenters. The zero-order valence-corrected chi connectivity index (χ0v) is 19.4. The molecule has 0 spiro atoms. The highest BCUT2D eigenvalue weighted by Gasteiger charge is 2.09. The van der Waals surface area contributed by atoms with Crippen molar-refractivity contribution in [2.75, 3.05) is 66.3 Å². The van der Waals surface area contributed by atoms with Crippen molar-refractivity contribution in [3.63, 3.8) is 0 Å². The first-order valence-electron chi connectivity index (χ1n) is 9.84. The number of morpholine rings is 1. The number of rotatable bonds is 11. The lowest BCUT2D eigenvalue weighted by Gasteiger charge is -2.26. The van der Waals surface area contributed by atoms with Gasteiger partial charge in [0.2, 0.25) is 0 Å². The lowest BCUT2D eigenvalue weighted by Crippen LogP contribution is -2.44. The number of halogens is 1. The molecule has 28 heavy (non-hydrogen) atoms. The summed E-state index contributed by atoms with van der Waals surface area (Å²) in [6, 6.07) is 8.11. The van der Waals surface area contributed by atoms with E-state index >= 15 is 0 Å². The fourth-order valence-corrected chi connectivity index (χ4v) is 2.80. The molecular weight excluding hydrogens is 471 g/mol. The van der Waals surface area contributed by atoms with Gasteiger partial charge in [-0.2, -0.15) is 0 Å². The summed E-state index contributed by atoms with van der Waals surface area (Å²) < 4.78 is 16.2. The van der Waals surface area contributed by atoms with Gasteiger partial charge in [-0.15, -0.1) is 24.0 Å². The Kier molecular flexibility index (Phi) is 14.1. The third-order valence-corrected chi connectivity index (χ3v) is 4.25. The Bertz CT molecular complexity index is 554. The fourth-order valence-electron chi connectivity index (χ4n) is 2.80. The summed E-state index contributed by atoms with van der Waals surface area (Å²) in [5, 5.41) is 6.72. The monoisotopic (exact) mass is 506 g/mol. The molecule has 1 aliphatic rings. The molecule has 1 fully saturated rings. The minimum Gasteiger partial charge on any atom is -0.493 e. The molecule has 0 aromatic heterocycles. The quantitative estimate of drug-likeness (QED) is 0.208. The largest absolute Gasteiger partial charge is 0.493 e. The van der Waals surface area contributed by atoms with Gasteiger partial charge in [0.05, 0.1) is 26.4 Å². The maximum atomic E-state index is 5.76. The molecule has 0 radical (unpaired) electrons. The third-order valence-electron chi connectivity index (χ3n) is 4.25. The van der Waals surface area contributed by atoms with Gasteiger partial charge in [-0.05, 0) is 24.6 Å². The van der Waals surface area contributed by atoms with Gasteiger partial charge < -0.3 is 24.8 Å². The molecule has 0 atom stereocenters. The SMILES string of the molecule is CCNC(=NCc1cccc(OCCCOC)c1)NCCN1CCOCC1.I. The molecule has 0 aliphatic carbocycles. The van der Waals surface area contributed by atoms with Gasteiger partial charge in [0.25, 0.3) is 0 Å². The molecule has 1 aliphatic heterocycles. The molecule has 160 valence electrons. The summed E-state index contributed by atoms with van der Waals surface area (Å²) >= 11 is 0. The zero-order valence-electron chi connectivity index (χ0n) is 17.1. The Morgan fingerprint density at radius 1 is 1.21 bits per heavy atom. The van der Waals surface area contributed by atoms with E-state index in [9.17, 15) is 0 Å². The van der Waals surface area contributed by atoms with Gasteiger partial charge in [-0.3, -0.25) is 4.90 Å². The standard InChI is InChI=1S/C20H34N4O3.HI/c1-3-21-20(22-8-9-24-10-14-26-15-11-24)23-17-18-6-4-7-19(16-18)27-13-5-12-25-2;/h4,6-7,16H,3,5,8-15,17H2,1-2H3,(H2,21,22,23);1H. The third kappa shape index (κ3) is 10.4. The predicted octanol–water partition coefficient (Wildman–Crippen LogP) is 2.11. The van der Waals surface area contributed by atoms with E-state index in [0.717, 1.165) is 69.6 Å². The number of guanidine groups is 1. The molecular formula is C20H35IN4O3. The van der Waals surface area contributed by atoms with E-state index in [1.807, 2.05) is 18.2 Å². The summed E-state index contributed by atoms with van der Waals surface area (Å²) in [4.78, 5) is 7.10. The van der Waals surface area contributed by atoms with Crippen LogP contribution in [0.15, 0.2) is 29.3 Å². The Balaban J connectivity index is 0.00000392. The normalized spacial score (nSPS) is 15.0. The summed E-state index contributed by atoms with van der Waals surface area (Å²) in [6.45, 7) is 10.4. The smallest absolute Gasteiger partial charge is 0.191 e. The van der Waals surface area contributed by atoms with Crippen molar-refractivity contribution in [1.29, 1.82) is 0 Å². The van der Waals surface area contributed by atoms with E-state index < -0.39 is 0 Å². The highest BCUT2D eigenvalue weighted by Crippen LogP contribution is 2.14. The molecule has 7 nitrogen and oxygen atoms in total. The predicted molar refractivity (Wildman–Crippen MR) is 124 cm³/mol. The van der Waals surface area contributed by atoms with Crippen LogP contribution in [0.2, 0.25) is 0 Å². The van der Waals surface area contributed by atoms with Crippen molar-refractivity contribution in [3.8, 4) is 5.75 Å². The average molecular weight is 506 g/mol. The molecule has 0 bridgehead atoms. The molecule has 1 aromatic carbocycles. The van der Waals surface area contributed by atoms with Crippen LogP contribution in [-0.4, -0.2) is 77.1 Å². The van der Waals surface area contributed by atoms with Crippen molar-refractivity contribution < 1.29 is 14.2 Å². The van der Waals surface area contributed by atoms with Crippen molar-refractivity contribution in [2.24, 2.45) is 4.99 Å². The highest BCUT2D eigenvalue weighted by atomic mass is 127. The van der Waals surface area contributed by atoms with Crippen molar-refractivity contribution >= 4 is 29.9 Å². The van der Waals surface area contributed by atoms with Gasteiger partial charge in [0, 0.05) is 52.9 Å². The number of ether oxygens (including phenoxy) is 3. The Labute approximate surface area is 186 Å². The molecule has 1 heterocycles. The van der Waals surface area contributed by atoms with Gasteiger partial charge in [0.15, 0.2) is 5.96 Å². The van der Waals surface area contributed by atoms with Crippen LogP contribution in [0.1, 0.15) is 18.9 Å². The van der Waals surface area contributed by atoms with E-state index in [0.29, 0.717) is 19.8 Å². The minimum absolute atomic E-state index is 0. The molecule has 1 aromatic rings. The lowest BCUT2D eigenvalue weighted by atomic mass is 10.2. The molecule has 8 heteroatoms. The van der Waals surface area contributed by atoms with Crippen LogP contribution in [0.5, 0.6) is 5.75 Å². The molecule has 2 rings (SSSR count). The van der Waals surface area contributed by atoms with Gasteiger partial charge >= 0.3 is 0 Å². The maximum Gasteiger partial charge on any atom is 0.191 e. The Morgan fingerprint density at radius 2 is 2.04 bits per heavy atom. The van der Waals surface area contributed by atoms with Crippen LogP contribution in [0.25, 0.3) is 0 Å². The van der Waals surface area contributed by atoms with Gasteiger partial charge in [-0.25, -0.2) is 4.99 Å². The van der Waals surface area contributed by atoms with Crippen LogP contribution in [0.4, 0.5) is 0 Å². The second kappa shape index (κ2) is 15.8. The number of hydrogen-bond donors (Lipinski definition) is 2. The summed E-state index contributed by atoms with van der Waals surface area (Å²) in [6.07, 6.45) is 0.885. The van der Waals surface area contributed by atoms with E-state index in [1.165, 1.54) is 0 Å². The van der Waals surface area contributed by atoms with E-state index in [1.54, 1.807) is 7.11 Å². The number of benzene rings is 1.